The quantitative estimate of drug-likeness (QED) is 0.910. The van der Waals surface area contributed by atoms with Gasteiger partial charge in [-0.15, -0.1) is 0 Å². The van der Waals surface area contributed by atoms with Crippen molar-refractivity contribution in [3.8, 4) is 11.5 Å². The van der Waals surface area contributed by atoms with Crippen molar-refractivity contribution in [2.24, 2.45) is 0 Å². The van der Waals surface area contributed by atoms with Crippen LogP contribution in [-0.4, -0.2) is 12.2 Å². The van der Waals surface area contributed by atoms with Crippen LogP contribution in [0.4, 0.5) is 0 Å². The molecule has 0 spiro atoms. The summed E-state index contributed by atoms with van der Waals surface area (Å²) in [7, 11) is 1.59. The molecular weight excluding hydrogens is 271 g/mol. The average Bonchev–Trinajstić information content (AvgIpc) is 2.36. The molecule has 0 aromatic heterocycles. The van der Waals surface area contributed by atoms with Gasteiger partial charge in [-0.25, -0.2) is 0 Å². The van der Waals surface area contributed by atoms with Crippen LogP contribution >= 0.6 is 23.2 Å². The first-order valence-corrected chi connectivity index (χ1v) is 6.15. The molecule has 0 atom stereocenters. The van der Waals surface area contributed by atoms with E-state index in [2.05, 4.69) is 0 Å². The van der Waals surface area contributed by atoms with Gasteiger partial charge in [-0.2, -0.15) is 0 Å². The lowest BCUT2D eigenvalue weighted by atomic mass is 10.0. The Kier molecular flexibility index (Phi) is 4.00. The van der Waals surface area contributed by atoms with E-state index in [9.17, 15) is 5.11 Å². The van der Waals surface area contributed by atoms with Crippen LogP contribution in [0.2, 0.25) is 10.0 Å². The van der Waals surface area contributed by atoms with Crippen LogP contribution in [0.1, 0.15) is 11.1 Å². The second-order valence-electron chi connectivity index (χ2n) is 3.92. The normalized spacial score (nSPS) is 10.4. The lowest BCUT2D eigenvalue weighted by Gasteiger charge is -2.08. The van der Waals surface area contributed by atoms with E-state index >= 15 is 0 Å². The molecule has 94 valence electrons. The van der Waals surface area contributed by atoms with Crippen molar-refractivity contribution >= 4 is 23.2 Å². The number of benzene rings is 2. The highest BCUT2D eigenvalue weighted by Crippen LogP contribution is 2.28. The highest BCUT2D eigenvalue weighted by atomic mass is 35.5. The molecule has 2 rings (SSSR count). The number of halogens is 2. The molecule has 0 radical (unpaired) electrons. The van der Waals surface area contributed by atoms with E-state index in [1.54, 1.807) is 37.4 Å². The van der Waals surface area contributed by atoms with Gasteiger partial charge >= 0.3 is 0 Å². The summed E-state index contributed by atoms with van der Waals surface area (Å²) in [5, 5.41) is 10.8. The minimum Gasteiger partial charge on any atom is -0.508 e. The Morgan fingerprint density at radius 2 is 1.83 bits per heavy atom. The lowest BCUT2D eigenvalue weighted by molar-refractivity contribution is 0.411. The standard InChI is InChI=1S/C14H12Cl2O2/c1-18-11-3-5-14(17)10(8-11)6-9-2-4-12(15)13(16)7-9/h2-5,7-8,17H,6H2,1H3. The van der Waals surface area contributed by atoms with Gasteiger partial charge in [-0.05, 0) is 35.9 Å². The molecule has 0 aliphatic heterocycles. The maximum absolute atomic E-state index is 9.80. The summed E-state index contributed by atoms with van der Waals surface area (Å²) in [5.74, 6) is 0.949. The van der Waals surface area contributed by atoms with Crippen LogP contribution in [-0.2, 0) is 6.42 Å². The number of methoxy groups -OCH3 is 1. The number of hydrogen-bond donors (Lipinski definition) is 1. The molecule has 2 aromatic carbocycles. The Balaban J connectivity index is 2.30. The molecule has 4 heteroatoms. The fraction of sp³-hybridized carbons (Fsp3) is 0.143. The van der Waals surface area contributed by atoms with Crippen molar-refractivity contribution in [2.45, 2.75) is 6.42 Å². The summed E-state index contributed by atoms with van der Waals surface area (Å²) >= 11 is 11.8. The van der Waals surface area contributed by atoms with Gasteiger partial charge in [0.2, 0.25) is 0 Å². The fourth-order valence-electron chi connectivity index (χ4n) is 1.70. The predicted molar refractivity (Wildman–Crippen MR) is 73.9 cm³/mol. The molecule has 18 heavy (non-hydrogen) atoms. The van der Waals surface area contributed by atoms with Gasteiger partial charge in [0, 0.05) is 12.0 Å². The van der Waals surface area contributed by atoms with Gasteiger partial charge in [-0.3, -0.25) is 0 Å². The molecule has 0 fully saturated rings. The van der Waals surface area contributed by atoms with Crippen LogP contribution in [0.3, 0.4) is 0 Å². The van der Waals surface area contributed by atoms with Gasteiger partial charge in [0.1, 0.15) is 11.5 Å². The van der Waals surface area contributed by atoms with Gasteiger partial charge < -0.3 is 9.84 Å². The summed E-state index contributed by atoms with van der Waals surface area (Å²) < 4.78 is 5.13. The second-order valence-corrected chi connectivity index (χ2v) is 4.73. The van der Waals surface area contributed by atoms with Crippen molar-refractivity contribution in [1.29, 1.82) is 0 Å². The molecule has 0 aliphatic carbocycles. The number of phenols is 1. The Bertz CT molecular complexity index is 568. The van der Waals surface area contributed by atoms with Crippen LogP contribution < -0.4 is 4.74 Å². The van der Waals surface area contributed by atoms with E-state index in [1.165, 1.54) is 0 Å². The minimum atomic E-state index is 0.238. The van der Waals surface area contributed by atoms with Gasteiger partial charge in [0.25, 0.3) is 0 Å². The van der Waals surface area contributed by atoms with E-state index in [4.69, 9.17) is 27.9 Å². The zero-order chi connectivity index (χ0) is 13.1. The summed E-state index contributed by atoms with van der Waals surface area (Å²) in [4.78, 5) is 0. The smallest absolute Gasteiger partial charge is 0.119 e. The maximum Gasteiger partial charge on any atom is 0.119 e. The molecule has 0 amide bonds. The third-order valence-electron chi connectivity index (χ3n) is 2.67. The topological polar surface area (TPSA) is 29.5 Å². The average molecular weight is 283 g/mol. The molecule has 0 saturated heterocycles. The number of hydrogen-bond acceptors (Lipinski definition) is 2. The monoisotopic (exact) mass is 282 g/mol. The van der Waals surface area contributed by atoms with Crippen molar-refractivity contribution in [1.82, 2.24) is 0 Å². The SMILES string of the molecule is COc1ccc(O)c(Cc2ccc(Cl)c(Cl)c2)c1. The fourth-order valence-corrected chi connectivity index (χ4v) is 2.02. The summed E-state index contributed by atoms with van der Waals surface area (Å²) in [6.45, 7) is 0. The highest BCUT2D eigenvalue weighted by molar-refractivity contribution is 6.42. The largest absolute Gasteiger partial charge is 0.508 e. The third kappa shape index (κ3) is 2.89. The van der Waals surface area contributed by atoms with Crippen LogP contribution in [0.15, 0.2) is 36.4 Å². The number of ether oxygens (including phenoxy) is 1. The molecule has 0 bridgehead atoms. The van der Waals surface area contributed by atoms with Crippen molar-refractivity contribution in [3.05, 3.63) is 57.6 Å². The molecule has 0 aliphatic rings. The van der Waals surface area contributed by atoms with Gasteiger partial charge in [0.05, 0.1) is 17.2 Å². The van der Waals surface area contributed by atoms with E-state index in [-0.39, 0.29) is 5.75 Å². The zero-order valence-electron chi connectivity index (χ0n) is 9.78. The summed E-state index contributed by atoms with van der Waals surface area (Å²) in [5.41, 5.74) is 1.76. The Hall–Kier alpha value is -1.38. The van der Waals surface area contributed by atoms with E-state index in [1.807, 2.05) is 6.07 Å². The number of phenolic OH excluding ortho intramolecular Hbond substituents is 1. The van der Waals surface area contributed by atoms with Crippen molar-refractivity contribution < 1.29 is 9.84 Å². The maximum atomic E-state index is 9.80. The Labute approximate surface area is 116 Å². The van der Waals surface area contributed by atoms with Crippen molar-refractivity contribution in [3.63, 3.8) is 0 Å². The first-order valence-electron chi connectivity index (χ1n) is 5.40. The predicted octanol–water partition coefficient (Wildman–Crippen LogP) is 4.30. The summed E-state index contributed by atoms with van der Waals surface area (Å²) in [6.07, 6.45) is 0.569. The minimum absolute atomic E-state index is 0.238. The molecule has 1 N–H and O–H groups in total. The molecule has 2 nitrogen and oxygen atoms in total. The first kappa shape index (κ1) is 13.1. The number of aromatic hydroxyl groups is 1. The molecule has 0 unspecified atom stereocenters. The molecule has 2 aromatic rings. The molecule has 0 saturated carbocycles. The van der Waals surface area contributed by atoms with Gasteiger partial charge in [-0.1, -0.05) is 29.3 Å². The molecule has 0 heterocycles. The van der Waals surface area contributed by atoms with Crippen molar-refractivity contribution in [2.75, 3.05) is 7.11 Å². The first-order chi connectivity index (χ1) is 8.60. The third-order valence-corrected chi connectivity index (χ3v) is 3.40. The van der Waals surface area contributed by atoms with E-state index in [0.717, 1.165) is 11.1 Å². The lowest BCUT2D eigenvalue weighted by Crippen LogP contribution is -1.91. The second kappa shape index (κ2) is 5.51. The van der Waals surface area contributed by atoms with E-state index < -0.39 is 0 Å². The van der Waals surface area contributed by atoms with Gasteiger partial charge in [0.15, 0.2) is 0 Å². The zero-order valence-corrected chi connectivity index (χ0v) is 11.3. The molecular formula is C14H12Cl2O2. The van der Waals surface area contributed by atoms with E-state index in [0.29, 0.717) is 22.2 Å². The van der Waals surface area contributed by atoms with Crippen LogP contribution in [0.25, 0.3) is 0 Å². The highest BCUT2D eigenvalue weighted by Gasteiger charge is 2.06. The Morgan fingerprint density at radius 1 is 1.06 bits per heavy atom. The number of rotatable bonds is 3. The summed E-state index contributed by atoms with van der Waals surface area (Å²) in [6, 6.07) is 10.6. The van der Waals surface area contributed by atoms with Crippen LogP contribution in [0.5, 0.6) is 11.5 Å². The van der Waals surface area contributed by atoms with Crippen LogP contribution in [0, 0.1) is 0 Å². The Morgan fingerprint density at radius 3 is 2.50 bits per heavy atom.